The lowest BCUT2D eigenvalue weighted by atomic mass is 10.2. The highest BCUT2D eigenvalue weighted by atomic mass is 35.5. The standard InChI is InChI=1S/C17H12ClNO3/c18-14-6-7-15-13(10-20)9-19(16(15)8-14)17(21)22-11-12-4-2-1-3-5-12/h1-10H,11H2. The summed E-state index contributed by atoms with van der Waals surface area (Å²) in [4.78, 5) is 23.4. The van der Waals surface area contributed by atoms with Crippen LogP contribution >= 0.6 is 11.6 Å². The molecule has 0 saturated heterocycles. The minimum Gasteiger partial charge on any atom is -0.444 e. The van der Waals surface area contributed by atoms with Crippen molar-refractivity contribution in [3.05, 3.63) is 70.9 Å². The predicted molar refractivity (Wildman–Crippen MR) is 84.4 cm³/mol. The van der Waals surface area contributed by atoms with E-state index in [1.165, 1.54) is 10.8 Å². The number of aromatic nitrogens is 1. The molecule has 1 aromatic heterocycles. The van der Waals surface area contributed by atoms with Crippen LogP contribution in [-0.2, 0) is 11.3 Å². The van der Waals surface area contributed by atoms with Crippen molar-refractivity contribution in [2.75, 3.05) is 0 Å². The molecule has 0 aliphatic heterocycles. The molecule has 0 radical (unpaired) electrons. The van der Waals surface area contributed by atoms with E-state index in [4.69, 9.17) is 16.3 Å². The number of hydrogen-bond donors (Lipinski definition) is 0. The Labute approximate surface area is 131 Å². The molecule has 0 atom stereocenters. The topological polar surface area (TPSA) is 48.3 Å². The molecular formula is C17H12ClNO3. The zero-order chi connectivity index (χ0) is 15.5. The normalized spacial score (nSPS) is 10.6. The zero-order valence-electron chi connectivity index (χ0n) is 11.5. The quantitative estimate of drug-likeness (QED) is 0.678. The fourth-order valence-corrected chi connectivity index (χ4v) is 2.43. The summed E-state index contributed by atoms with van der Waals surface area (Å²) in [6.45, 7) is 0.163. The third kappa shape index (κ3) is 2.73. The van der Waals surface area contributed by atoms with E-state index in [2.05, 4.69) is 0 Å². The number of fused-ring (bicyclic) bond motifs is 1. The summed E-state index contributed by atoms with van der Waals surface area (Å²) in [5.41, 5.74) is 1.86. The van der Waals surface area contributed by atoms with Crippen LogP contribution in [0, 0.1) is 0 Å². The largest absolute Gasteiger partial charge is 0.444 e. The van der Waals surface area contributed by atoms with Gasteiger partial charge in [0.1, 0.15) is 6.61 Å². The number of ether oxygens (including phenoxy) is 1. The van der Waals surface area contributed by atoms with Crippen molar-refractivity contribution in [3.63, 3.8) is 0 Å². The first kappa shape index (κ1) is 14.4. The number of aldehydes is 1. The maximum Gasteiger partial charge on any atom is 0.418 e. The number of benzene rings is 2. The lowest BCUT2D eigenvalue weighted by molar-refractivity contribution is 0.112. The molecule has 4 nitrogen and oxygen atoms in total. The van der Waals surface area contributed by atoms with Crippen LogP contribution in [0.1, 0.15) is 15.9 Å². The number of halogens is 1. The van der Waals surface area contributed by atoms with Crippen molar-refractivity contribution in [1.29, 1.82) is 0 Å². The molecule has 0 aliphatic carbocycles. The van der Waals surface area contributed by atoms with Crippen molar-refractivity contribution in [2.45, 2.75) is 6.61 Å². The van der Waals surface area contributed by atoms with Crippen molar-refractivity contribution < 1.29 is 14.3 Å². The molecule has 0 aliphatic rings. The highest BCUT2D eigenvalue weighted by molar-refractivity contribution is 6.31. The average Bonchev–Trinajstić information content (AvgIpc) is 2.91. The lowest BCUT2D eigenvalue weighted by Gasteiger charge is -2.06. The fourth-order valence-electron chi connectivity index (χ4n) is 2.26. The molecule has 110 valence electrons. The number of nitrogens with zero attached hydrogens (tertiary/aromatic N) is 1. The van der Waals surface area contributed by atoms with E-state index in [1.807, 2.05) is 30.3 Å². The monoisotopic (exact) mass is 313 g/mol. The highest BCUT2D eigenvalue weighted by Gasteiger charge is 2.15. The Morgan fingerprint density at radius 2 is 1.95 bits per heavy atom. The van der Waals surface area contributed by atoms with Gasteiger partial charge in [0.25, 0.3) is 0 Å². The van der Waals surface area contributed by atoms with Gasteiger partial charge in [0.05, 0.1) is 5.52 Å². The molecule has 2 aromatic carbocycles. The third-order valence-electron chi connectivity index (χ3n) is 3.33. The van der Waals surface area contributed by atoms with Crippen molar-refractivity contribution in [3.8, 4) is 0 Å². The van der Waals surface area contributed by atoms with Gasteiger partial charge in [0.2, 0.25) is 0 Å². The predicted octanol–water partition coefficient (Wildman–Crippen LogP) is 4.29. The number of hydrogen-bond acceptors (Lipinski definition) is 3. The Morgan fingerprint density at radius 3 is 2.68 bits per heavy atom. The Kier molecular flexibility index (Phi) is 3.94. The van der Waals surface area contributed by atoms with Crippen LogP contribution < -0.4 is 0 Å². The molecule has 0 amide bonds. The second-order valence-corrected chi connectivity index (χ2v) is 5.21. The minimum absolute atomic E-state index is 0.163. The van der Waals surface area contributed by atoms with Crippen molar-refractivity contribution in [1.82, 2.24) is 4.57 Å². The molecule has 0 N–H and O–H groups in total. The minimum atomic E-state index is -0.552. The van der Waals surface area contributed by atoms with Gasteiger partial charge in [0, 0.05) is 22.2 Å². The van der Waals surface area contributed by atoms with Gasteiger partial charge in [-0.2, -0.15) is 0 Å². The van der Waals surface area contributed by atoms with E-state index >= 15 is 0 Å². The molecule has 0 fully saturated rings. The van der Waals surface area contributed by atoms with Gasteiger partial charge in [-0.05, 0) is 17.7 Å². The van der Waals surface area contributed by atoms with E-state index in [-0.39, 0.29) is 6.61 Å². The first-order chi connectivity index (χ1) is 10.7. The molecule has 5 heteroatoms. The van der Waals surface area contributed by atoms with Gasteiger partial charge in [0.15, 0.2) is 6.29 Å². The molecule has 3 rings (SSSR count). The van der Waals surface area contributed by atoms with Crippen LogP contribution in [0.5, 0.6) is 0 Å². The Bertz CT molecular complexity index is 840. The van der Waals surface area contributed by atoms with Crippen LogP contribution in [0.15, 0.2) is 54.7 Å². The zero-order valence-corrected chi connectivity index (χ0v) is 12.3. The number of rotatable bonds is 3. The van der Waals surface area contributed by atoms with Crippen LogP contribution in [0.2, 0.25) is 5.02 Å². The van der Waals surface area contributed by atoms with Gasteiger partial charge in [-0.15, -0.1) is 0 Å². The third-order valence-corrected chi connectivity index (χ3v) is 3.56. The second-order valence-electron chi connectivity index (χ2n) is 4.77. The summed E-state index contributed by atoms with van der Waals surface area (Å²) in [6.07, 6.45) is 1.61. The molecule has 22 heavy (non-hydrogen) atoms. The first-order valence-electron chi connectivity index (χ1n) is 6.66. The highest BCUT2D eigenvalue weighted by Crippen LogP contribution is 2.24. The maximum atomic E-state index is 12.3. The van der Waals surface area contributed by atoms with Gasteiger partial charge in [-0.3, -0.25) is 9.36 Å². The molecule has 3 aromatic rings. The number of carbonyl (C=O) groups excluding carboxylic acids is 2. The van der Waals surface area contributed by atoms with Gasteiger partial charge < -0.3 is 4.74 Å². The van der Waals surface area contributed by atoms with E-state index in [0.717, 1.165) is 5.56 Å². The summed E-state index contributed by atoms with van der Waals surface area (Å²) in [5.74, 6) is 0. The van der Waals surface area contributed by atoms with E-state index in [0.29, 0.717) is 27.8 Å². The van der Waals surface area contributed by atoms with Crippen molar-refractivity contribution >= 4 is 34.9 Å². The Hall–Kier alpha value is -2.59. The van der Waals surface area contributed by atoms with E-state index < -0.39 is 6.09 Å². The molecule has 0 bridgehead atoms. The van der Waals surface area contributed by atoms with Crippen LogP contribution in [-0.4, -0.2) is 16.9 Å². The van der Waals surface area contributed by atoms with Crippen LogP contribution in [0.4, 0.5) is 4.79 Å². The molecular weight excluding hydrogens is 302 g/mol. The van der Waals surface area contributed by atoms with Crippen molar-refractivity contribution in [2.24, 2.45) is 0 Å². The van der Waals surface area contributed by atoms with E-state index in [9.17, 15) is 9.59 Å². The summed E-state index contributed by atoms with van der Waals surface area (Å²) in [5, 5.41) is 1.15. The molecule has 0 unspecified atom stereocenters. The van der Waals surface area contributed by atoms with Crippen LogP contribution in [0.3, 0.4) is 0 Å². The number of carbonyl (C=O) groups is 2. The van der Waals surface area contributed by atoms with Gasteiger partial charge in [-0.25, -0.2) is 4.79 Å². The second kappa shape index (κ2) is 6.03. The van der Waals surface area contributed by atoms with Crippen LogP contribution in [0.25, 0.3) is 10.9 Å². The lowest BCUT2D eigenvalue weighted by Crippen LogP contribution is -2.12. The van der Waals surface area contributed by atoms with E-state index in [1.54, 1.807) is 18.2 Å². The average molecular weight is 314 g/mol. The first-order valence-corrected chi connectivity index (χ1v) is 7.03. The molecule has 0 saturated carbocycles. The summed E-state index contributed by atoms with van der Waals surface area (Å²) in [6, 6.07) is 14.4. The summed E-state index contributed by atoms with van der Waals surface area (Å²) >= 11 is 5.97. The SMILES string of the molecule is O=Cc1cn(C(=O)OCc2ccccc2)c2cc(Cl)ccc12. The van der Waals surface area contributed by atoms with Gasteiger partial charge in [-0.1, -0.05) is 48.0 Å². The summed E-state index contributed by atoms with van der Waals surface area (Å²) < 4.78 is 6.58. The van der Waals surface area contributed by atoms with Gasteiger partial charge >= 0.3 is 6.09 Å². The Morgan fingerprint density at radius 1 is 1.18 bits per heavy atom. The smallest absolute Gasteiger partial charge is 0.418 e. The summed E-state index contributed by atoms with van der Waals surface area (Å²) in [7, 11) is 0. The fraction of sp³-hybridized carbons (Fsp3) is 0.0588. The molecule has 0 spiro atoms. The Balaban J connectivity index is 1.90. The molecule has 1 heterocycles. The maximum absolute atomic E-state index is 12.3.